The van der Waals surface area contributed by atoms with Crippen LogP contribution in [-0.4, -0.2) is 43.6 Å². The van der Waals surface area contributed by atoms with Crippen LogP contribution in [-0.2, 0) is 19.1 Å². The summed E-state index contributed by atoms with van der Waals surface area (Å²) in [6.07, 6.45) is 0. The fourth-order valence-corrected chi connectivity index (χ4v) is 6.55. The van der Waals surface area contributed by atoms with E-state index in [4.69, 9.17) is 9.47 Å². The summed E-state index contributed by atoms with van der Waals surface area (Å²) in [5.74, 6) is -2.10. The minimum absolute atomic E-state index is 0.202. The molecule has 1 heterocycles. The van der Waals surface area contributed by atoms with E-state index in [1.165, 1.54) is 6.92 Å². The third-order valence-corrected chi connectivity index (χ3v) is 7.84. The van der Waals surface area contributed by atoms with Crippen LogP contribution >= 0.6 is 0 Å². The Labute approximate surface area is 185 Å². The topological polar surface area (TPSA) is 74.6 Å². The second kappa shape index (κ2) is 10.1. The molecule has 0 aliphatic carbocycles. The lowest BCUT2D eigenvalue weighted by Crippen LogP contribution is -2.44. The minimum atomic E-state index is -2.17. The van der Waals surface area contributed by atoms with Crippen molar-refractivity contribution in [3.63, 3.8) is 0 Å². The van der Waals surface area contributed by atoms with Crippen molar-refractivity contribution in [2.45, 2.75) is 52.9 Å². The average molecular weight is 444 g/mol. The smallest absolute Gasteiger partial charge is 0.339 e. The lowest BCUT2D eigenvalue weighted by Gasteiger charge is -2.34. The Kier molecular flexibility index (Phi) is 8.00. The van der Waals surface area contributed by atoms with Crippen molar-refractivity contribution in [2.75, 3.05) is 13.2 Å². The Balaban J connectivity index is 2.84. The van der Waals surface area contributed by atoms with Crippen molar-refractivity contribution in [3.8, 4) is 5.69 Å². The molecule has 0 bridgehead atoms. The molecule has 1 aromatic carbocycles. The number of hydrogen-bond acceptors (Lipinski definition) is 5. The first-order valence-corrected chi connectivity index (χ1v) is 14.2. The van der Waals surface area contributed by atoms with E-state index in [9.17, 15) is 14.4 Å². The van der Waals surface area contributed by atoms with Gasteiger partial charge in [-0.1, -0.05) is 37.8 Å². The number of ketones is 1. The molecular weight excluding hydrogens is 410 g/mol. The number of ether oxygens (including phenoxy) is 2. The monoisotopic (exact) mass is 443 g/mol. The van der Waals surface area contributed by atoms with Crippen LogP contribution < -0.4 is 0 Å². The molecule has 2 aromatic rings. The molecule has 0 aliphatic rings. The van der Waals surface area contributed by atoms with E-state index >= 15 is 0 Å². The van der Waals surface area contributed by atoms with Crippen LogP contribution in [0.4, 0.5) is 0 Å². The predicted molar refractivity (Wildman–Crippen MR) is 123 cm³/mol. The van der Waals surface area contributed by atoms with Gasteiger partial charge in [-0.05, 0) is 45.9 Å². The first-order valence-electron chi connectivity index (χ1n) is 10.7. The number of carbonyl (C=O) groups excluding carboxylic acids is 3. The zero-order valence-electron chi connectivity index (χ0n) is 19.5. The highest BCUT2D eigenvalue weighted by Crippen LogP contribution is 2.39. The highest BCUT2D eigenvalue weighted by molar-refractivity contribution is 6.78. The van der Waals surface area contributed by atoms with Gasteiger partial charge in [0.1, 0.15) is 11.7 Å². The number of carbonyl (C=O) groups is 3. The van der Waals surface area contributed by atoms with E-state index < -0.39 is 25.9 Å². The molecule has 2 rings (SSSR count). The maximum atomic E-state index is 12.9. The van der Waals surface area contributed by atoms with Gasteiger partial charge in [-0.15, -0.1) is 0 Å². The molecule has 6 nitrogen and oxygen atoms in total. The molecule has 1 aromatic heterocycles. The second-order valence-electron chi connectivity index (χ2n) is 8.64. The minimum Gasteiger partial charge on any atom is -0.465 e. The van der Waals surface area contributed by atoms with Crippen LogP contribution in [0.3, 0.4) is 0 Å². The van der Waals surface area contributed by atoms with Crippen LogP contribution in [0, 0.1) is 12.8 Å². The Bertz CT molecular complexity index is 943. The summed E-state index contributed by atoms with van der Waals surface area (Å²) in [5, 5.41) is 0. The summed E-state index contributed by atoms with van der Waals surface area (Å²) in [7, 11) is -2.17. The number of rotatable bonds is 9. The van der Waals surface area contributed by atoms with Crippen molar-refractivity contribution in [2.24, 2.45) is 5.92 Å². The van der Waals surface area contributed by atoms with Gasteiger partial charge in [0.25, 0.3) is 0 Å². The second-order valence-corrected chi connectivity index (χ2v) is 14.0. The van der Waals surface area contributed by atoms with Crippen LogP contribution in [0.25, 0.3) is 5.69 Å². The molecular formula is C24H33NO5Si. The normalized spacial score (nSPS) is 13.4. The highest BCUT2D eigenvalue weighted by Gasteiger charge is 2.45. The molecule has 0 amide bonds. The number of hydrogen-bond donors (Lipinski definition) is 0. The number of Topliss-reactive ketones (excluding diaryl/α,β-unsaturated/α-hetero) is 1. The molecule has 0 radical (unpaired) electrons. The summed E-state index contributed by atoms with van der Waals surface area (Å²) < 4.78 is 12.5. The van der Waals surface area contributed by atoms with Crippen LogP contribution in [0.15, 0.2) is 36.4 Å². The van der Waals surface area contributed by atoms with Gasteiger partial charge in [0.2, 0.25) is 0 Å². The third kappa shape index (κ3) is 5.33. The standard InChI is InChI=1S/C24H33NO5Si/c1-8-29-23(27)19-15-20(25(16(19)3)18-13-11-10-12-14-18)22(31(5,6)7)21(17(4)26)24(28)30-9-2/h10-15,21-22H,8-9H2,1-7H3. The highest BCUT2D eigenvalue weighted by atomic mass is 28.3. The van der Waals surface area contributed by atoms with E-state index in [-0.39, 0.29) is 24.5 Å². The largest absolute Gasteiger partial charge is 0.465 e. The quantitative estimate of drug-likeness (QED) is 0.319. The Hall–Kier alpha value is -2.67. The maximum Gasteiger partial charge on any atom is 0.339 e. The maximum absolute atomic E-state index is 12.9. The lowest BCUT2D eigenvalue weighted by atomic mass is 9.97. The van der Waals surface area contributed by atoms with Gasteiger partial charge < -0.3 is 14.0 Å². The van der Waals surface area contributed by atoms with Gasteiger partial charge in [0.05, 0.1) is 26.9 Å². The number of nitrogens with zero attached hydrogens (tertiary/aromatic N) is 1. The third-order valence-electron chi connectivity index (χ3n) is 5.35. The zero-order chi connectivity index (χ0) is 23.3. The summed E-state index contributed by atoms with van der Waals surface area (Å²) in [5.41, 5.74) is 2.40. The summed E-state index contributed by atoms with van der Waals surface area (Å²) >= 11 is 0. The van der Waals surface area contributed by atoms with Crippen LogP contribution in [0.2, 0.25) is 19.6 Å². The zero-order valence-corrected chi connectivity index (χ0v) is 20.5. The molecule has 2 unspecified atom stereocenters. The van der Waals surface area contributed by atoms with Crippen molar-refractivity contribution in [1.29, 1.82) is 0 Å². The van der Waals surface area contributed by atoms with Crippen LogP contribution in [0.1, 0.15) is 48.1 Å². The van der Waals surface area contributed by atoms with E-state index in [0.717, 1.165) is 11.4 Å². The first-order chi connectivity index (χ1) is 14.5. The molecule has 168 valence electrons. The Morgan fingerprint density at radius 1 is 1.00 bits per heavy atom. The van der Waals surface area contributed by atoms with Crippen molar-refractivity contribution in [1.82, 2.24) is 4.57 Å². The molecule has 7 heteroatoms. The Morgan fingerprint density at radius 2 is 1.58 bits per heavy atom. The van der Waals surface area contributed by atoms with Gasteiger partial charge in [-0.25, -0.2) is 4.79 Å². The van der Waals surface area contributed by atoms with Crippen molar-refractivity contribution >= 4 is 25.8 Å². The van der Waals surface area contributed by atoms with Gasteiger partial charge in [-0.3, -0.25) is 9.59 Å². The number of aromatic nitrogens is 1. The number of benzene rings is 1. The van der Waals surface area contributed by atoms with Gasteiger partial charge in [-0.2, -0.15) is 0 Å². The Morgan fingerprint density at radius 3 is 2.06 bits per heavy atom. The van der Waals surface area contributed by atoms with Crippen LogP contribution in [0.5, 0.6) is 0 Å². The van der Waals surface area contributed by atoms with Gasteiger partial charge in [0.15, 0.2) is 0 Å². The first kappa shape index (κ1) is 24.6. The van der Waals surface area contributed by atoms with Crippen molar-refractivity contribution < 1.29 is 23.9 Å². The molecule has 0 N–H and O–H groups in total. The van der Waals surface area contributed by atoms with E-state index in [1.807, 2.05) is 41.8 Å². The summed E-state index contributed by atoms with van der Waals surface area (Å²) in [4.78, 5) is 38.3. The molecule has 0 saturated heterocycles. The van der Waals surface area contributed by atoms with E-state index in [1.54, 1.807) is 19.9 Å². The molecule has 0 saturated carbocycles. The average Bonchev–Trinajstić information content (AvgIpc) is 3.02. The molecule has 0 spiro atoms. The fraction of sp³-hybridized carbons (Fsp3) is 0.458. The number of para-hydroxylation sites is 1. The SMILES string of the molecule is CCOC(=O)c1cc(C(C(C(C)=O)C(=O)OCC)[Si](C)(C)C)n(-c2ccccc2)c1C. The van der Waals surface area contributed by atoms with Gasteiger partial charge in [0, 0.05) is 22.6 Å². The van der Waals surface area contributed by atoms with Gasteiger partial charge >= 0.3 is 11.9 Å². The lowest BCUT2D eigenvalue weighted by molar-refractivity contribution is -0.151. The summed E-state index contributed by atoms with van der Waals surface area (Å²) in [6, 6.07) is 11.4. The predicted octanol–water partition coefficient (Wildman–Crippen LogP) is 4.69. The molecule has 31 heavy (non-hydrogen) atoms. The van der Waals surface area contributed by atoms with Crippen molar-refractivity contribution in [3.05, 3.63) is 53.3 Å². The molecule has 2 atom stereocenters. The molecule has 0 aliphatic heterocycles. The summed E-state index contributed by atoms with van der Waals surface area (Å²) in [6.45, 7) is 13.6. The van der Waals surface area contributed by atoms with E-state index in [0.29, 0.717) is 11.3 Å². The fourth-order valence-electron chi connectivity index (χ4n) is 4.08. The molecule has 0 fully saturated rings. The number of esters is 2. The van der Waals surface area contributed by atoms with E-state index in [2.05, 4.69) is 19.6 Å².